The van der Waals surface area contributed by atoms with Crippen molar-refractivity contribution in [1.29, 1.82) is 0 Å². The lowest BCUT2D eigenvalue weighted by Crippen LogP contribution is -2.28. The number of nitrogens with one attached hydrogen (secondary N) is 2. The van der Waals surface area contributed by atoms with E-state index in [0.29, 0.717) is 31.0 Å². The summed E-state index contributed by atoms with van der Waals surface area (Å²) >= 11 is 0. The number of nitrogens with zero attached hydrogens (tertiary/aromatic N) is 1. The summed E-state index contributed by atoms with van der Waals surface area (Å²) < 4.78 is 30.9. The van der Waals surface area contributed by atoms with Gasteiger partial charge in [0.1, 0.15) is 0 Å². The first-order chi connectivity index (χ1) is 9.52. The van der Waals surface area contributed by atoms with Crippen LogP contribution in [0.3, 0.4) is 0 Å². The maximum absolute atomic E-state index is 12.3. The molecule has 0 bridgehead atoms. The molecule has 0 aliphatic rings. The minimum absolute atomic E-state index is 0.311. The molecule has 1 rings (SSSR count). The number of H-pyrrole nitrogens is 1. The smallest absolute Gasteiger partial charge is 0.244 e. The van der Waals surface area contributed by atoms with Crippen molar-refractivity contribution in [3.05, 3.63) is 18.0 Å². The van der Waals surface area contributed by atoms with E-state index in [-0.39, 0.29) is 0 Å². The summed E-state index contributed by atoms with van der Waals surface area (Å²) in [5.41, 5.74) is 0.877. The number of sulfonamides is 1. The van der Waals surface area contributed by atoms with Crippen LogP contribution in [0.5, 0.6) is 0 Å². The largest absolute Gasteiger partial charge is 0.385 e. The number of methoxy groups -OCH3 is 1. The van der Waals surface area contributed by atoms with E-state index in [4.69, 9.17) is 4.74 Å². The molecule has 0 unspecified atom stereocenters. The van der Waals surface area contributed by atoms with Crippen molar-refractivity contribution in [2.45, 2.75) is 31.2 Å². The summed E-state index contributed by atoms with van der Waals surface area (Å²) in [6.45, 7) is 4.66. The predicted molar refractivity (Wildman–Crippen MR) is 79.1 cm³/mol. The van der Waals surface area contributed by atoms with Crippen molar-refractivity contribution in [3.8, 4) is 0 Å². The molecule has 0 saturated heterocycles. The minimum atomic E-state index is -3.41. The number of hydrogen-bond acceptors (Lipinski definition) is 4. The molecule has 1 aromatic heterocycles. The molecule has 0 amide bonds. The van der Waals surface area contributed by atoms with Gasteiger partial charge in [0.25, 0.3) is 0 Å². The lowest BCUT2D eigenvalue weighted by molar-refractivity contribution is 0.189. The van der Waals surface area contributed by atoms with E-state index < -0.39 is 10.0 Å². The Morgan fingerprint density at radius 2 is 2.20 bits per heavy atom. The van der Waals surface area contributed by atoms with Crippen LogP contribution in [0.25, 0.3) is 0 Å². The van der Waals surface area contributed by atoms with Gasteiger partial charge >= 0.3 is 0 Å². The Hall–Kier alpha value is -0.890. The first-order valence-corrected chi connectivity index (χ1v) is 8.29. The van der Waals surface area contributed by atoms with Gasteiger partial charge < -0.3 is 15.0 Å². The molecule has 0 atom stereocenters. The quantitative estimate of drug-likeness (QED) is 0.636. The second kappa shape index (κ2) is 8.41. The highest BCUT2D eigenvalue weighted by Crippen LogP contribution is 2.15. The standard InChI is InChI=1S/C13H25N3O3S/c1-4-6-14-10-12-9-13(11-15-12)20(17,18)16(2)7-5-8-19-3/h9,11,14-15H,4-8,10H2,1-3H3. The number of rotatable bonds is 10. The second-order valence-corrected chi connectivity index (χ2v) is 6.76. The average Bonchev–Trinajstić information content (AvgIpc) is 2.88. The molecule has 1 heterocycles. The Kier molecular flexibility index (Phi) is 7.22. The van der Waals surface area contributed by atoms with Crippen LogP contribution in [0.1, 0.15) is 25.5 Å². The van der Waals surface area contributed by atoms with E-state index in [2.05, 4.69) is 17.2 Å². The summed E-state index contributed by atoms with van der Waals surface area (Å²) in [7, 11) is -0.213. The normalized spacial score (nSPS) is 12.2. The van der Waals surface area contributed by atoms with Gasteiger partial charge in [-0.25, -0.2) is 12.7 Å². The van der Waals surface area contributed by atoms with Crippen LogP contribution in [0.15, 0.2) is 17.2 Å². The Balaban J connectivity index is 2.62. The van der Waals surface area contributed by atoms with Gasteiger partial charge in [-0.15, -0.1) is 0 Å². The average molecular weight is 303 g/mol. The molecule has 1 aromatic rings. The van der Waals surface area contributed by atoms with Crippen LogP contribution in [0, 0.1) is 0 Å². The van der Waals surface area contributed by atoms with Crippen LogP contribution in [-0.2, 0) is 21.3 Å². The lowest BCUT2D eigenvalue weighted by Gasteiger charge is -2.15. The summed E-state index contributed by atoms with van der Waals surface area (Å²) in [6.07, 6.45) is 3.28. The SMILES string of the molecule is CCCNCc1cc(S(=O)(=O)N(C)CCCOC)c[nH]1. The van der Waals surface area contributed by atoms with Gasteiger partial charge in [0, 0.05) is 45.7 Å². The molecule has 0 spiro atoms. The molecular weight excluding hydrogens is 278 g/mol. The highest BCUT2D eigenvalue weighted by molar-refractivity contribution is 7.89. The topological polar surface area (TPSA) is 74.4 Å². The van der Waals surface area contributed by atoms with Gasteiger partial charge in [0.15, 0.2) is 0 Å². The first kappa shape index (κ1) is 17.2. The van der Waals surface area contributed by atoms with Gasteiger partial charge in [0.05, 0.1) is 4.90 Å². The fraction of sp³-hybridized carbons (Fsp3) is 0.692. The molecule has 116 valence electrons. The highest BCUT2D eigenvalue weighted by atomic mass is 32.2. The number of aromatic nitrogens is 1. The lowest BCUT2D eigenvalue weighted by atomic mass is 10.4. The molecular formula is C13H25N3O3S. The van der Waals surface area contributed by atoms with Crippen molar-refractivity contribution in [1.82, 2.24) is 14.6 Å². The van der Waals surface area contributed by atoms with Gasteiger partial charge in [-0.2, -0.15) is 0 Å². The van der Waals surface area contributed by atoms with Crippen molar-refractivity contribution < 1.29 is 13.2 Å². The van der Waals surface area contributed by atoms with Crippen LogP contribution >= 0.6 is 0 Å². The van der Waals surface area contributed by atoms with E-state index in [1.807, 2.05) is 0 Å². The van der Waals surface area contributed by atoms with Crippen LogP contribution < -0.4 is 5.32 Å². The van der Waals surface area contributed by atoms with E-state index in [1.165, 1.54) is 4.31 Å². The third-order valence-corrected chi connectivity index (χ3v) is 4.82. The van der Waals surface area contributed by atoms with Gasteiger partial charge in [0.2, 0.25) is 10.0 Å². The van der Waals surface area contributed by atoms with E-state index in [1.54, 1.807) is 26.4 Å². The third kappa shape index (κ3) is 4.90. The Bertz CT molecular complexity index is 485. The van der Waals surface area contributed by atoms with Crippen molar-refractivity contribution >= 4 is 10.0 Å². The van der Waals surface area contributed by atoms with E-state index in [9.17, 15) is 8.42 Å². The van der Waals surface area contributed by atoms with Crippen molar-refractivity contribution in [2.24, 2.45) is 0 Å². The summed E-state index contributed by atoms with van der Waals surface area (Å²) in [5, 5.41) is 3.23. The molecule has 0 saturated carbocycles. The summed E-state index contributed by atoms with van der Waals surface area (Å²) in [6, 6.07) is 1.69. The molecule has 2 N–H and O–H groups in total. The Labute approximate surface area is 121 Å². The molecule has 6 nitrogen and oxygen atoms in total. The monoisotopic (exact) mass is 303 g/mol. The summed E-state index contributed by atoms with van der Waals surface area (Å²) in [5.74, 6) is 0. The second-order valence-electron chi connectivity index (χ2n) is 4.71. The number of aromatic amines is 1. The first-order valence-electron chi connectivity index (χ1n) is 6.85. The maximum Gasteiger partial charge on any atom is 0.244 e. The third-order valence-electron chi connectivity index (χ3n) is 2.99. The zero-order valence-corrected chi connectivity index (χ0v) is 13.3. The molecule has 0 aliphatic carbocycles. The summed E-state index contributed by atoms with van der Waals surface area (Å²) in [4.78, 5) is 3.31. The van der Waals surface area contributed by atoms with Gasteiger partial charge in [-0.1, -0.05) is 6.92 Å². The van der Waals surface area contributed by atoms with Crippen molar-refractivity contribution in [3.63, 3.8) is 0 Å². The number of ether oxygens (including phenoxy) is 1. The maximum atomic E-state index is 12.3. The van der Waals surface area contributed by atoms with E-state index >= 15 is 0 Å². The molecule has 0 fully saturated rings. The van der Waals surface area contributed by atoms with Crippen molar-refractivity contribution in [2.75, 3.05) is 33.9 Å². The predicted octanol–water partition coefficient (Wildman–Crippen LogP) is 1.17. The molecule has 20 heavy (non-hydrogen) atoms. The Morgan fingerprint density at radius 3 is 2.85 bits per heavy atom. The van der Waals surface area contributed by atoms with E-state index in [0.717, 1.165) is 18.7 Å². The molecule has 0 radical (unpaired) electrons. The number of hydrogen-bond donors (Lipinski definition) is 2. The Morgan fingerprint density at radius 1 is 1.45 bits per heavy atom. The fourth-order valence-corrected chi connectivity index (χ4v) is 3.03. The van der Waals surface area contributed by atoms with Crippen LogP contribution in [0.2, 0.25) is 0 Å². The zero-order valence-electron chi connectivity index (χ0n) is 12.5. The highest BCUT2D eigenvalue weighted by Gasteiger charge is 2.21. The fourth-order valence-electron chi connectivity index (χ4n) is 1.80. The van der Waals surface area contributed by atoms with Gasteiger partial charge in [-0.3, -0.25) is 0 Å². The minimum Gasteiger partial charge on any atom is -0.385 e. The van der Waals surface area contributed by atoms with Crippen LogP contribution in [0.4, 0.5) is 0 Å². The van der Waals surface area contributed by atoms with Gasteiger partial charge in [-0.05, 0) is 25.5 Å². The molecule has 0 aromatic carbocycles. The zero-order chi connectivity index (χ0) is 15.0. The molecule has 0 aliphatic heterocycles. The molecule has 7 heteroatoms. The van der Waals surface area contributed by atoms with Crippen LogP contribution in [-0.4, -0.2) is 51.6 Å².